The second-order valence-electron chi connectivity index (χ2n) is 8.14. The summed E-state index contributed by atoms with van der Waals surface area (Å²) in [5, 5.41) is 2.91. The number of carbonyl (C=O) groups excluding carboxylic acids is 1. The molecule has 5 heteroatoms. The molecule has 1 heterocycles. The second-order valence-corrected chi connectivity index (χ2v) is 8.14. The number of unbranched alkanes of at least 4 members (excludes halogenated alkanes) is 3. The summed E-state index contributed by atoms with van der Waals surface area (Å²) in [6.07, 6.45) is 9.46. The molecule has 3 rings (SSSR count). The van der Waals surface area contributed by atoms with Gasteiger partial charge in [-0.3, -0.25) is 4.79 Å². The summed E-state index contributed by atoms with van der Waals surface area (Å²) in [5.74, 6) is 2.08. The molecule has 0 spiro atoms. The largest absolute Gasteiger partial charge is 0.494 e. The van der Waals surface area contributed by atoms with Gasteiger partial charge in [-0.25, -0.2) is 4.98 Å². The summed E-state index contributed by atoms with van der Waals surface area (Å²) >= 11 is 0. The van der Waals surface area contributed by atoms with E-state index in [1.54, 1.807) is 12.2 Å². The van der Waals surface area contributed by atoms with E-state index in [2.05, 4.69) is 47.1 Å². The number of amides is 1. The first-order chi connectivity index (χ1) is 15.7. The second kappa shape index (κ2) is 12.7. The van der Waals surface area contributed by atoms with Crippen LogP contribution in [0.3, 0.4) is 0 Å². The fourth-order valence-corrected chi connectivity index (χ4v) is 3.77. The predicted molar refractivity (Wildman–Crippen MR) is 131 cm³/mol. The average molecular weight is 434 g/mol. The lowest BCUT2D eigenvalue weighted by Gasteiger charge is -2.10. The monoisotopic (exact) mass is 433 g/mol. The molecule has 0 aliphatic carbocycles. The maximum atomic E-state index is 11.5. The van der Waals surface area contributed by atoms with E-state index in [1.165, 1.54) is 11.1 Å². The third kappa shape index (κ3) is 7.26. The van der Waals surface area contributed by atoms with E-state index in [0.29, 0.717) is 0 Å². The Labute approximate surface area is 191 Å². The van der Waals surface area contributed by atoms with E-state index in [-0.39, 0.29) is 5.91 Å². The number of fused-ring (bicyclic) bond motifs is 1. The number of nitrogens with one attached hydrogen (secondary N) is 1. The van der Waals surface area contributed by atoms with Crippen molar-refractivity contribution in [2.24, 2.45) is 0 Å². The highest BCUT2D eigenvalue weighted by molar-refractivity contribution is 5.87. The van der Waals surface area contributed by atoms with E-state index in [0.717, 1.165) is 75.3 Å². The first-order valence-corrected chi connectivity index (χ1v) is 11.7. The van der Waals surface area contributed by atoms with Gasteiger partial charge in [0.2, 0.25) is 5.91 Å². The van der Waals surface area contributed by atoms with E-state index in [9.17, 15) is 4.79 Å². The van der Waals surface area contributed by atoms with Gasteiger partial charge in [0.05, 0.1) is 17.6 Å². The highest BCUT2D eigenvalue weighted by atomic mass is 16.5. The van der Waals surface area contributed by atoms with E-state index < -0.39 is 0 Å². The number of hydrogen-bond acceptors (Lipinski definition) is 3. The summed E-state index contributed by atoms with van der Waals surface area (Å²) < 4.78 is 8.24. The summed E-state index contributed by atoms with van der Waals surface area (Å²) in [5.41, 5.74) is 3.52. The Balaban J connectivity index is 1.46. The Morgan fingerprint density at radius 3 is 2.66 bits per heavy atom. The van der Waals surface area contributed by atoms with Crippen molar-refractivity contribution in [1.29, 1.82) is 0 Å². The number of imidazole rings is 1. The van der Waals surface area contributed by atoms with Gasteiger partial charge in [0.25, 0.3) is 0 Å². The Bertz CT molecular complexity index is 1010. The van der Waals surface area contributed by atoms with E-state index in [4.69, 9.17) is 9.72 Å². The average Bonchev–Trinajstić information content (AvgIpc) is 3.15. The normalized spacial score (nSPS) is 11.3. The Kier molecular flexibility index (Phi) is 9.36. The van der Waals surface area contributed by atoms with Crippen LogP contribution >= 0.6 is 0 Å². The molecule has 1 aromatic heterocycles. The number of carbonyl (C=O) groups is 1. The molecule has 0 saturated heterocycles. The minimum Gasteiger partial charge on any atom is -0.494 e. The van der Waals surface area contributed by atoms with Crippen LogP contribution in [-0.4, -0.2) is 28.6 Å². The van der Waals surface area contributed by atoms with Crippen molar-refractivity contribution in [3.8, 4) is 5.75 Å². The van der Waals surface area contributed by atoms with E-state index >= 15 is 0 Å². The predicted octanol–water partition coefficient (Wildman–Crippen LogP) is 5.61. The van der Waals surface area contributed by atoms with Crippen LogP contribution in [0.15, 0.2) is 60.7 Å². The molecule has 0 aliphatic heterocycles. The zero-order valence-electron chi connectivity index (χ0n) is 19.3. The molecule has 3 aromatic rings. The first kappa shape index (κ1) is 23.6. The molecule has 0 atom stereocenters. The molecular formula is C27H35N3O2. The first-order valence-electron chi connectivity index (χ1n) is 11.7. The molecule has 5 nitrogen and oxygen atoms in total. The number of rotatable bonds is 13. The van der Waals surface area contributed by atoms with Gasteiger partial charge in [-0.1, -0.05) is 42.3 Å². The van der Waals surface area contributed by atoms with Crippen LogP contribution in [0.25, 0.3) is 11.0 Å². The Hall–Kier alpha value is -3.08. The van der Waals surface area contributed by atoms with Gasteiger partial charge in [0.1, 0.15) is 11.6 Å². The lowest BCUT2D eigenvalue weighted by Crippen LogP contribution is -2.21. The maximum absolute atomic E-state index is 11.5. The molecule has 0 bridgehead atoms. The standard InChI is InChI=1S/C27H35N3O2/c1-3-11-27(31)28-19-8-4-5-14-26-29-24-12-6-7-13-25(24)30(26)20-9-10-21-32-23-17-15-22(2)16-18-23/h3,6-7,11-13,15-18H,4-5,8-10,14,19-21H2,1-2H3,(H,28,31)/b11-3+. The van der Waals surface area contributed by atoms with Crippen LogP contribution in [0.1, 0.15) is 50.4 Å². The van der Waals surface area contributed by atoms with Gasteiger partial charge in [-0.2, -0.15) is 0 Å². The van der Waals surface area contributed by atoms with Crippen molar-refractivity contribution in [2.45, 2.75) is 58.9 Å². The van der Waals surface area contributed by atoms with Crippen LogP contribution in [0.5, 0.6) is 5.75 Å². The van der Waals surface area contributed by atoms with Gasteiger partial charge in [0.15, 0.2) is 0 Å². The number of allylic oxidation sites excluding steroid dienone is 1. The van der Waals surface area contributed by atoms with Crippen molar-refractivity contribution in [1.82, 2.24) is 14.9 Å². The molecule has 0 unspecified atom stereocenters. The maximum Gasteiger partial charge on any atom is 0.243 e. The van der Waals surface area contributed by atoms with Gasteiger partial charge < -0.3 is 14.6 Å². The molecule has 0 fully saturated rings. The van der Waals surface area contributed by atoms with E-state index in [1.807, 2.05) is 25.1 Å². The summed E-state index contributed by atoms with van der Waals surface area (Å²) in [4.78, 5) is 16.4. The molecule has 1 amide bonds. The van der Waals surface area contributed by atoms with Gasteiger partial charge >= 0.3 is 0 Å². The van der Waals surface area contributed by atoms with Crippen molar-refractivity contribution < 1.29 is 9.53 Å². The van der Waals surface area contributed by atoms with Crippen molar-refractivity contribution >= 4 is 16.9 Å². The number of ether oxygens (including phenoxy) is 1. The van der Waals surface area contributed by atoms with Crippen LogP contribution in [0.2, 0.25) is 0 Å². The highest BCUT2D eigenvalue weighted by Crippen LogP contribution is 2.19. The molecule has 170 valence electrons. The fourth-order valence-electron chi connectivity index (χ4n) is 3.77. The SMILES string of the molecule is C/C=C/C(=O)NCCCCCc1nc2ccccc2n1CCCCOc1ccc(C)cc1. The minimum atomic E-state index is -0.0133. The third-order valence-corrected chi connectivity index (χ3v) is 5.49. The molecule has 0 saturated carbocycles. The highest BCUT2D eigenvalue weighted by Gasteiger charge is 2.10. The molecule has 0 radical (unpaired) electrons. The van der Waals surface area contributed by atoms with Gasteiger partial charge in [0, 0.05) is 19.5 Å². The molecule has 2 aromatic carbocycles. The minimum absolute atomic E-state index is 0.0133. The molecule has 0 aliphatic rings. The van der Waals surface area contributed by atoms with Crippen LogP contribution in [-0.2, 0) is 17.8 Å². The van der Waals surface area contributed by atoms with Crippen molar-refractivity contribution in [2.75, 3.05) is 13.2 Å². The number of para-hydroxylation sites is 2. The zero-order valence-corrected chi connectivity index (χ0v) is 19.3. The van der Waals surface area contributed by atoms with Gasteiger partial charge in [-0.15, -0.1) is 0 Å². The van der Waals surface area contributed by atoms with Crippen molar-refractivity contribution in [3.05, 3.63) is 72.1 Å². The Morgan fingerprint density at radius 2 is 1.84 bits per heavy atom. The number of nitrogens with zero attached hydrogens (tertiary/aromatic N) is 2. The van der Waals surface area contributed by atoms with Crippen molar-refractivity contribution in [3.63, 3.8) is 0 Å². The zero-order chi connectivity index (χ0) is 22.6. The summed E-state index contributed by atoms with van der Waals surface area (Å²) in [6.45, 7) is 6.33. The molecule has 1 N–H and O–H groups in total. The van der Waals surface area contributed by atoms with Crippen LogP contribution in [0.4, 0.5) is 0 Å². The smallest absolute Gasteiger partial charge is 0.243 e. The van der Waals surface area contributed by atoms with Gasteiger partial charge in [-0.05, 0) is 69.9 Å². The number of aryl methyl sites for hydroxylation is 3. The Morgan fingerprint density at radius 1 is 1.03 bits per heavy atom. The van der Waals surface area contributed by atoms with Crippen LogP contribution in [0, 0.1) is 6.92 Å². The number of hydrogen-bond donors (Lipinski definition) is 1. The van der Waals surface area contributed by atoms with Crippen LogP contribution < -0.4 is 10.1 Å². The quantitative estimate of drug-likeness (QED) is 0.282. The topological polar surface area (TPSA) is 56.2 Å². The molecular weight excluding hydrogens is 398 g/mol. The molecule has 32 heavy (non-hydrogen) atoms. The summed E-state index contributed by atoms with van der Waals surface area (Å²) in [7, 11) is 0. The lowest BCUT2D eigenvalue weighted by molar-refractivity contribution is -0.116. The third-order valence-electron chi connectivity index (χ3n) is 5.49. The fraction of sp³-hybridized carbons (Fsp3) is 0.407. The number of aromatic nitrogens is 2. The lowest BCUT2D eigenvalue weighted by atomic mass is 10.2. The number of benzene rings is 2. The summed E-state index contributed by atoms with van der Waals surface area (Å²) in [6, 6.07) is 16.6.